The third-order valence-corrected chi connectivity index (χ3v) is 5.30. The maximum Gasteiger partial charge on any atom is 0.339 e. The number of rotatable bonds is 8. The van der Waals surface area contributed by atoms with Gasteiger partial charge < -0.3 is 15.0 Å². The summed E-state index contributed by atoms with van der Waals surface area (Å²) in [7, 11) is 1.38. The summed E-state index contributed by atoms with van der Waals surface area (Å²) in [4.78, 5) is 65.4. The van der Waals surface area contributed by atoms with Gasteiger partial charge in [0.25, 0.3) is 0 Å². The zero-order valence-electron chi connectivity index (χ0n) is 19.5. The molecule has 1 fully saturated rings. The van der Waals surface area contributed by atoms with E-state index in [2.05, 4.69) is 5.32 Å². The Balaban J connectivity index is 1.68. The number of nitrogens with one attached hydrogen (secondary N) is 1. The van der Waals surface area contributed by atoms with Gasteiger partial charge in [0.2, 0.25) is 11.8 Å². The number of nitrogens with zero attached hydrogens (tertiary/aromatic N) is 3. The average Bonchev–Trinajstić information content (AvgIpc) is 3.00. The lowest BCUT2D eigenvalue weighted by molar-refractivity contribution is -0.142. The second kappa shape index (κ2) is 10.2. The molecule has 1 aliphatic rings. The average molecular weight is 466 g/mol. The summed E-state index contributed by atoms with van der Waals surface area (Å²) in [5.74, 6) is -3.06. The van der Waals surface area contributed by atoms with Crippen LogP contribution in [-0.4, -0.2) is 66.2 Å². The fourth-order valence-electron chi connectivity index (χ4n) is 3.53. The van der Waals surface area contributed by atoms with E-state index >= 15 is 0 Å². The Bertz CT molecular complexity index is 1140. The zero-order chi connectivity index (χ0) is 25.0. The third kappa shape index (κ3) is 4.90. The highest BCUT2D eigenvalue weighted by Crippen LogP contribution is 2.31. The number of aryl methyl sites for hydroxylation is 2. The smallest absolute Gasteiger partial charge is 0.339 e. The summed E-state index contributed by atoms with van der Waals surface area (Å²) < 4.78 is 5.45. The topological polar surface area (TPSA) is 116 Å². The molecule has 1 saturated heterocycles. The summed E-state index contributed by atoms with van der Waals surface area (Å²) in [6.45, 7) is 4.77. The molecule has 178 valence electrons. The minimum atomic E-state index is -1.13. The Morgan fingerprint density at radius 2 is 1.62 bits per heavy atom. The van der Waals surface area contributed by atoms with Crippen LogP contribution < -0.4 is 15.0 Å². The van der Waals surface area contributed by atoms with Crippen molar-refractivity contribution in [2.75, 3.05) is 37.0 Å². The largest absolute Gasteiger partial charge is 0.492 e. The van der Waals surface area contributed by atoms with Crippen LogP contribution in [0.4, 0.5) is 16.2 Å². The molecule has 1 aliphatic heterocycles. The number of anilines is 2. The first-order chi connectivity index (χ1) is 16.1. The normalized spacial score (nSPS) is 13.4. The van der Waals surface area contributed by atoms with E-state index in [0.29, 0.717) is 15.5 Å². The van der Waals surface area contributed by atoms with Gasteiger partial charge in [0.15, 0.2) is 0 Å². The molecular weight excluding hydrogens is 440 g/mol. The fourth-order valence-corrected chi connectivity index (χ4v) is 3.53. The van der Waals surface area contributed by atoms with Crippen molar-refractivity contribution in [3.8, 4) is 5.75 Å². The number of imide groups is 2. The molecule has 2 aromatic carbocycles. The maximum atomic E-state index is 12.9. The number of ether oxygens (including phenoxy) is 1. The molecule has 0 unspecified atom stereocenters. The van der Waals surface area contributed by atoms with Crippen LogP contribution in [0.25, 0.3) is 0 Å². The minimum absolute atomic E-state index is 0.115. The van der Waals surface area contributed by atoms with Crippen molar-refractivity contribution in [3.05, 3.63) is 53.6 Å². The molecule has 0 aliphatic carbocycles. The molecule has 10 heteroatoms. The van der Waals surface area contributed by atoms with Crippen molar-refractivity contribution in [1.82, 2.24) is 9.80 Å². The Kier molecular flexibility index (Phi) is 7.30. The van der Waals surface area contributed by atoms with Gasteiger partial charge in [-0.15, -0.1) is 0 Å². The summed E-state index contributed by atoms with van der Waals surface area (Å²) in [5, 5.41) is 2.77. The fraction of sp³-hybridized carbons (Fsp3) is 0.292. The van der Waals surface area contributed by atoms with Crippen LogP contribution in [0.15, 0.2) is 42.5 Å². The first-order valence-corrected chi connectivity index (χ1v) is 10.7. The van der Waals surface area contributed by atoms with E-state index in [1.54, 1.807) is 25.1 Å². The minimum Gasteiger partial charge on any atom is -0.492 e. The molecule has 10 nitrogen and oxygen atoms in total. The molecule has 0 aromatic heterocycles. The van der Waals surface area contributed by atoms with E-state index in [1.807, 2.05) is 32.0 Å². The van der Waals surface area contributed by atoms with E-state index in [4.69, 9.17) is 4.74 Å². The van der Waals surface area contributed by atoms with E-state index in [0.717, 1.165) is 16.0 Å². The number of urea groups is 1. The van der Waals surface area contributed by atoms with Crippen LogP contribution in [0.3, 0.4) is 0 Å². The molecule has 2 aromatic rings. The van der Waals surface area contributed by atoms with Gasteiger partial charge in [-0.1, -0.05) is 30.3 Å². The number of hydrogen-bond donors (Lipinski definition) is 1. The van der Waals surface area contributed by atoms with Crippen LogP contribution >= 0.6 is 0 Å². The Morgan fingerprint density at radius 1 is 0.971 bits per heavy atom. The number of carbonyl (C=O) groups excluding carboxylic acids is 5. The van der Waals surface area contributed by atoms with Crippen molar-refractivity contribution < 1.29 is 28.7 Å². The molecule has 0 saturated carbocycles. The SMILES string of the molecule is CCOc1ccccc1N1C(=O)C(=O)N(CC(=O)N(C)CC(=O)Nc2c(C)cccc2C)C1=O. The summed E-state index contributed by atoms with van der Waals surface area (Å²) in [6, 6.07) is 10.9. The maximum absolute atomic E-state index is 12.9. The molecule has 34 heavy (non-hydrogen) atoms. The van der Waals surface area contributed by atoms with E-state index < -0.39 is 36.2 Å². The van der Waals surface area contributed by atoms with Crippen molar-refractivity contribution in [2.24, 2.45) is 0 Å². The van der Waals surface area contributed by atoms with Gasteiger partial charge >= 0.3 is 17.8 Å². The Morgan fingerprint density at radius 3 is 2.26 bits per heavy atom. The van der Waals surface area contributed by atoms with Crippen LogP contribution in [0.2, 0.25) is 0 Å². The lowest BCUT2D eigenvalue weighted by atomic mass is 10.1. The van der Waals surface area contributed by atoms with E-state index in [1.165, 1.54) is 13.1 Å². The highest BCUT2D eigenvalue weighted by atomic mass is 16.5. The number of likely N-dealkylation sites (N-methyl/N-ethyl adjacent to an activating group) is 1. The molecule has 6 amide bonds. The summed E-state index contributed by atoms with van der Waals surface area (Å²) in [5.41, 5.74) is 2.53. The van der Waals surface area contributed by atoms with Gasteiger partial charge in [-0.25, -0.2) is 14.6 Å². The van der Waals surface area contributed by atoms with Crippen LogP contribution in [-0.2, 0) is 19.2 Å². The summed E-state index contributed by atoms with van der Waals surface area (Å²) >= 11 is 0. The number of carbonyl (C=O) groups is 5. The molecule has 0 bridgehead atoms. The van der Waals surface area contributed by atoms with Crippen molar-refractivity contribution in [1.29, 1.82) is 0 Å². The van der Waals surface area contributed by atoms with Crippen LogP contribution in [0, 0.1) is 13.8 Å². The predicted octanol–water partition coefficient (Wildman–Crippen LogP) is 2.09. The number of para-hydroxylation sites is 3. The van der Waals surface area contributed by atoms with Gasteiger partial charge in [-0.05, 0) is 44.0 Å². The van der Waals surface area contributed by atoms with Gasteiger partial charge in [0.1, 0.15) is 12.3 Å². The molecule has 1 heterocycles. The third-order valence-electron chi connectivity index (χ3n) is 5.30. The van der Waals surface area contributed by atoms with E-state index in [-0.39, 0.29) is 24.6 Å². The van der Waals surface area contributed by atoms with E-state index in [9.17, 15) is 24.0 Å². The monoisotopic (exact) mass is 466 g/mol. The summed E-state index contributed by atoms with van der Waals surface area (Å²) in [6.07, 6.45) is 0. The highest BCUT2D eigenvalue weighted by molar-refractivity contribution is 6.53. The van der Waals surface area contributed by atoms with Crippen molar-refractivity contribution in [2.45, 2.75) is 20.8 Å². The molecule has 1 N–H and O–H groups in total. The Labute approximate surface area is 197 Å². The first kappa shape index (κ1) is 24.4. The van der Waals surface area contributed by atoms with Crippen LogP contribution in [0.1, 0.15) is 18.1 Å². The number of hydrogen-bond acceptors (Lipinski definition) is 6. The zero-order valence-corrected chi connectivity index (χ0v) is 19.5. The van der Waals surface area contributed by atoms with Gasteiger partial charge in [-0.2, -0.15) is 0 Å². The van der Waals surface area contributed by atoms with Crippen molar-refractivity contribution >= 4 is 41.0 Å². The second-order valence-electron chi connectivity index (χ2n) is 7.78. The quantitative estimate of drug-likeness (QED) is 0.470. The number of amides is 6. The standard InChI is InChI=1S/C24H26N4O6/c1-5-34-18-12-7-6-11-17(18)28-23(32)22(31)27(24(28)33)14-20(30)26(4)13-19(29)25-21-15(2)9-8-10-16(21)3/h6-12H,5,13-14H2,1-4H3,(H,25,29). The number of benzene rings is 2. The molecule has 0 radical (unpaired) electrons. The molecule has 0 spiro atoms. The molecule has 3 rings (SSSR count). The Hall–Kier alpha value is -4.21. The second-order valence-corrected chi connectivity index (χ2v) is 7.78. The lowest BCUT2D eigenvalue weighted by Gasteiger charge is -2.21. The first-order valence-electron chi connectivity index (χ1n) is 10.7. The van der Waals surface area contributed by atoms with Gasteiger partial charge in [-0.3, -0.25) is 19.2 Å². The lowest BCUT2D eigenvalue weighted by Crippen LogP contribution is -2.44. The highest BCUT2D eigenvalue weighted by Gasteiger charge is 2.47. The molecule has 0 atom stereocenters. The van der Waals surface area contributed by atoms with Crippen LogP contribution in [0.5, 0.6) is 5.75 Å². The predicted molar refractivity (Wildman–Crippen MR) is 124 cm³/mol. The van der Waals surface area contributed by atoms with Gasteiger partial charge in [0, 0.05) is 12.7 Å². The molecular formula is C24H26N4O6. The van der Waals surface area contributed by atoms with Gasteiger partial charge in [0.05, 0.1) is 18.8 Å². The van der Waals surface area contributed by atoms with Crippen molar-refractivity contribution in [3.63, 3.8) is 0 Å².